The van der Waals surface area contributed by atoms with Crippen molar-refractivity contribution in [2.45, 2.75) is 39.5 Å². The highest BCUT2D eigenvalue weighted by atomic mass is 19.1. The molecular formula is C13H17FN2O2. The van der Waals surface area contributed by atoms with Crippen LogP contribution in [0.4, 0.5) is 14.9 Å². The third-order valence-electron chi connectivity index (χ3n) is 2.69. The summed E-state index contributed by atoms with van der Waals surface area (Å²) < 4.78 is 18.6. The van der Waals surface area contributed by atoms with E-state index in [1.165, 1.54) is 11.0 Å². The molecule has 1 aliphatic rings. The number of halogens is 1. The Morgan fingerprint density at radius 1 is 1.33 bits per heavy atom. The number of hydrogen-bond donors (Lipinski definition) is 1. The predicted molar refractivity (Wildman–Crippen MR) is 66.3 cm³/mol. The maximum absolute atomic E-state index is 13.3. The molecule has 0 aromatic heterocycles. The maximum atomic E-state index is 13.3. The number of benzene rings is 1. The van der Waals surface area contributed by atoms with Crippen LogP contribution in [0.15, 0.2) is 12.1 Å². The quantitative estimate of drug-likeness (QED) is 0.722. The van der Waals surface area contributed by atoms with Gasteiger partial charge < -0.3 is 10.5 Å². The first-order valence-corrected chi connectivity index (χ1v) is 5.81. The zero-order valence-electron chi connectivity index (χ0n) is 10.8. The topological polar surface area (TPSA) is 55.6 Å². The monoisotopic (exact) mass is 252 g/mol. The molecule has 4 nitrogen and oxygen atoms in total. The lowest BCUT2D eigenvalue weighted by atomic mass is 10.1. The van der Waals surface area contributed by atoms with Crippen LogP contribution in [0.25, 0.3) is 0 Å². The van der Waals surface area contributed by atoms with E-state index in [1.54, 1.807) is 6.07 Å². The minimum absolute atomic E-state index is 0.111. The first-order valence-electron chi connectivity index (χ1n) is 5.81. The van der Waals surface area contributed by atoms with Crippen molar-refractivity contribution in [2.75, 3.05) is 5.73 Å². The molecule has 5 heteroatoms. The normalized spacial score (nSPS) is 14.6. The van der Waals surface area contributed by atoms with E-state index < -0.39 is 17.5 Å². The van der Waals surface area contributed by atoms with Crippen molar-refractivity contribution >= 4 is 11.8 Å². The first-order chi connectivity index (χ1) is 8.26. The van der Waals surface area contributed by atoms with Crippen LogP contribution in [0.1, 0.15) is 31.9 Å². The minimum Gasteiger partial charge on any atom is -0.444 e. The second kappa shape index (κ2) is 4.15. The standard InChI is InChI=1S/C13H17FN2O2/c1-13(2,3)18-12(17)16-6-8-4-10(14)11(15)5-9(8)7-16/h4-5H,6-7,15H2,1-3H3. The fraction of sp³-hybridized carbons (Fsp3) is 0.462. The predicted octanol–water partition coefficient (Wildman–Crippen LogP) is 2.66. The summed E-state index contributed by atoms with van der Waals surface area (Å²) in [5.74, 6) is -0.445. The van der Waals surface area contributed by atoms with Crippen molar-refractivity contribution in [3.63, 3.8) is 0 Å². The molecule has 98 valence electrons. The van der Waals surface area contributed by atoms with Gasteiger partial charge in [-0.25, -0.2) is 9.18 Å². The number of nitrogen functional groups attached to an aromatic ring is 1. The lowest BCUT2D eigenvalue weighted by molar-refractivity contribution is 0.0242. The number of hydrogen-bond acceptors (Lipinski definition) is 3. The summed E-state index contributed by atoms with van der Waals surface area (Å²) in [6.07, 6.45) is -0.391. The molecule has 1 aromatic rings. The van der Waals surface area contributed by atoms with E-state index in [4.69, 9.17) is 10.5 Å². The van der Waals surface area contributed by atoms with E-state index in [0.29, 0.717) is 13.1 Å². The van der Waals surface area contributed by atoms with Crippen LogP contribution >= 0.6 is 0 Å². The molecule has 1 heterocycles. The molecular weight excluding hydrogens is 235 g/mol. The molecule has 0 fully saturated rings. The summed E-state index contributed by atoms with van der Waals surface area (Å²) in [7, 11) is 0. The van der Waals surface area contributed by atoms with Crippen LogP contribution in [0.2, 0.25) is 0 Å². The van der Waals surface area contributed by atoms with Gasteiger partial charge in [-0.15, -0.1) is 0 Å². The Bertz CT molecular complexity index is 463. The number of anilines is 1. The molecule has 0 radical (unpaired) electrons. The van der Waals surface area contributed by atoms with Crippen molar-refractivity contribution in [3.05, 3.63) is 29.1 Å². The number of rotatable bonds is 0. The molecule has 0 atom stereocenters. The van der Waals surface area contributed by atoms with E-state index in [2.05, 4.69) is 0 Å². The van der Waals surface area contributed by atoms with Crippen LogP contribution in [0, 0.1) is 5.82 Å². The van der Waals surface area contributed by atoms with E-state index >= 15 is 0 Å². The van der Waals surface area contributed by atoms with Crippen LogP contribution in [-0.2, 0) is 17.8 Å². The number of amides is 1. The van der Waals surface area contributed by atoms with E-state index in [9.17, 15) is 9.18 Å². The molecule has 0 unspecified atom stereocenters. The third-order valence-corrected chi connectivity index (χ3v) is 2.69. The second-order valence-corrected chi connectivity index (χ2v) is 5.48. The van der Waals surface area contributed by atoms with Gasteiger partial charge >= 0.3 is 6.09 Å². The van der Waals surface area contributed by atoms with Gasteiger partial charge in [0.1, 0.15) is 11.4 Å². The van der Waals surface area contributed by atoms with Gasteiger partial charge in [-0.05, 0) is 44.0 Å². The van der Waals surface area contributed by atoms with Crippen molar-refractivity contribution in [3.8, 4) is 0 Å². The number of carbonyl (C=O) groups is 1. The third kappa shape index (κ3) is 2.55. The highest BCUT2D eigenvalue weighted by Crippen LogP contribution is 2.27. The van der Waals surface area contributed by atoms with Crippen LogP contribution < -0.4 is 5.73 Å². The number of fused-ring (bicyclic) bond motifs is 1. The smallest absolute Gasteiger partial charge is 0.410 e. The van der Waals surface area contributed by atoms with Gasteiger partial charge in [0, 0.05) is 13.1 Å². The van der Waals surface area contributed by atoms with E-state index in [0.717, 1.165) is 11.1 Å². The van der Waals surface area contributed by atoms with Gasteiger partial charge in [0.25, 0.3) is 0 Å². The molecule has 1 aromatic carbocycles. The Labute approximate surface area is 106 Å². The molecule has 2 rings (SSSR count). The highest BCUT2D eigenvalue weighted by Gasteiger charge is 2.28. The summed E-state index contributed by atoms with van der Waals surface area (Å²) in [6.45, 7) is 6.21. The van der Waals surface area contributed by atoms with E-state index in [-0.39, 0.29) is 5.69 Å². The average Bonchev–Trinajstić information content (AvgIpc) is 2.59. The zero-order chi connectivity index (χ0) is 13.5. The maximum Gasteiger partial charge on any atom is 0.410 e. The van der Waals surface area contributed by atoms with Crippen molar-refractivity contribution in [2.24, 2.45) is 0 Å². The van der Waals surface area contributed by atoms with Gasteiger partial charge in [0.05, 0.1) is 5.69 Å². The summed E-state index contributed by atoms with van der Waals surface area (Å²) in [4.78, 5) is 13.4. The lowest BCUT2D eigenvalue weighted by Gasteiger charge is -2.24. The van der Waals surface area contributed by atoms with Gasteiger partial charge in [0.15, 0.2) is 0 Å². The molecule has 0 bridgehead atoms. The Morgan fingerprint density at radius 3 is 2.44 bits per heavy atom. The van der Waals surface area contributed by atoms with Gasteiger partial charge in [-0.2, -0.15) is 0 Å². The Balaban J connectivity index is 2.13. The van der Waals surface area contributed by atoms with Crippen LogP contribution in [0.3, 0.4) is 0 Å². The number of ether oxygens (including phenoxy) is 1. The average molecular weight is 252 g/mol. The molecule has 0 saturated heterocycles. The summed E-state index contributed by atoms with van der Waals surface area (Å²) in [6, 6.07) is 2.96. The SMILES string of the molecule is CC(C)(C)OC(=O)N1Cc2cc(N)c(F)cc2C1. The molecule has 18 heavy (non-hydrogen) atoms. The summed E-state index contributed by atoms with van der Waals surface area (Å²) in [5.41, 5.74) is 6.75. The van der Waals surface area contributed by atoms with Gasteiger partial charge in [0.2, 0.25) is 0 Å². The Kier molecular flexibility index (Phi) is 2.92. The van der Waals surface area contributed by atoms with Gasteiger partial charge in [-0.3, -0.25) is 4.90 Å². The van der Waals surface area contributed by atoms with Crippen molar-refractivity contribution in [1.29, 1.82) is 0 Å². The zero-order valence-corrected chi connectivity index (χ0v) is 10.8. The van der Waals surface area contributed by atoms with Gasteiger partial charge in [-0.1, -0.05) is 0 Å². The lowest BCUT2D eigenvalue weighted by Crippen LogP contribution is -2.33. The number of carbonyl (C=O) groups excluding carboxylic acids is 1. The minimum atomic E-state index is -0.532. The Hall–Kier alpha value is -1.78. The largest absolute Gasteiger partial charge is 0.444 e. The molecule has 1 amide bonds. The molecule has 0 spiro atoms. The second-order valence-electron chi connectivity index (χ2n) is 5.48. The fourth-order valence-corrected chi connectivity index (χ4v) is 1.90. The molecule has 2 N–H and O–H groups in total. The van der Waals surface area contributed by atoms with E-state index in [1.807, 2.05) is 20.8 Å². The summed E-state index contributed by atoms with van der Waals surface area (Å²) in [5, 5.41) is 0. The van der Waals surface area contributed by atoms with Crippen LogP contribution in [-0.4, -0.2) is 16.6 Å². The highest BCUT2D eigenvalue weighted by molar-refractivity contribution is 5.69. The molecule has 0 saturated carbocycles. The fourth-order valence-electron chi connectivity index (χ4n) is 1.90. The number of nitrogens with two attached hydrogens (primary N) is 1. The molecule has 1 aliphatic heterocycles. The summed E-state index contributed by atoms with van der Waals surface area (Å²) >= 11 is 0. The first kappa shape index (κ1) is 12.7. The van der Waals surface area contributed by atoms with Crippen molar-refractivity contribution in [1.82, 2.24) is 4.90 Å². The van der Waals surface area contributed by atoms with Crippen molar-refractivity contribution < 1.29 is 13.9 Å². The Morgan fingerprint density at radius 2 is 1.89 bits per heavy atom. The van der Waals surface area contributed by atoms with Crippen LogP contribution in [0.5, 0.6) is 0 Å². The number of nitrogens with zero attached hydrogens (tertiary/aromatic N) is 1. The molecule has 0 aliphatic carbocycles.